The maximum atomic E-state index is 11.2. The molecule has 0 bridgehead atoms. The fourth-order valence-electron chi connectivity index (χ4n) is 1.93. The first-order valence-electron chi connectivity index (χ1n) is 6.20. The van der Waals surface area contributed by atoms with Crippen LogP contribution in [-0.2, 0) is 6.61 Å². The minimum Gasteiger partial charge on any atom is -0.488 e. The number of rotatable bonds is 4. The van der Waals surface area contributed by atoms with Crippen molar-refractivity contribution in [1.29, 1.82) is 0 Å². The van der Waals surface area contributed by atoms with E-state index in [1.54, 1.807) is 6.07 Å². The molecule has 0 aliphatic carbocycles. The third-order valence-corrected chi connectivity index (χ3v) is 3.37. The van der Waals surface area contributed by atoms with Gasteiger partial charge in [0.15, 0.2) is 0 Å². The van der Waals surface area contributed by atoms with Gasteiger partial charge in [-0.15, -0.1) is 0 Å². The third kappa shape index (κ3) is 3.11. The minimum absolute atomic E-state index is 0.160. The van der Waals surface area contributed by atoms with Gasteiger partial charge in [-0.2, -0.15) is 0 Å². The number of hydrogen-bond acceptors (Lipinski definition) is 2. The zero-order valence-corrected chi connectivity index (χ0v) is 12.1. The van der Waals surface area contributed by atoms with Crippen molar-refractivity contribution in [2.24, 2.45) is 0 Å². The fourth-order valence-corrected chi connectivity index (χ4v) is 2.22. The predicted molar refractivity (Wildman–Crippen MR) is 78.7 cm³/mol. The number of aryl methyl sites for hydroxylation is 2. The maximum Gasteiger partial charge on any atom is 0.339 e. The van der Waals surface area contributed by atoms with Gasteiger partial charge in [0.2, 0.25) is 0 Å². The van der Waals surface area contributed by atoms with E-state index in [-0.39, 0.29) is 12.2 Å². The smallest absolute Gasteiger partial charge is 0.339 e. The lowest BCUT2D eigenvalue weighted by atomic mass is 10.1. The van der Waals surface area contributed by atoms with Crippen LogP contribution in [0.1, 0.15) is 27.0 Å². The number of aromatic carboxylic acids is 1. The summed E-state index contributed by atoms with van der Waals surface area (Å²) in [5.74, 6) is -0.615. The van der Waals surface area contributed by atoms with Crippen molar-refractivity contribution < 1.29 is 14.6 Å². The summed E-state index contributed by atoms with van der Waals surface area (Å²) in [5.41, 5.74) is 2.85. The molecule has 2 aromatic carbocycles. The first-order chi connectivity index (χ1) is 9.49. The molecule has 2 rings (SSSR count). The van der Waals surface area contributed by atoms with E-state index in [0.29, 0.717) is 10.8 Å². The molecular weight excluding hydrogens is 276 g/mol. The first kappa shape index (κ1) is 14.4. The molecule has 0 atom stereocenters. The molecule has 0 saturated carbocycles. The zero-order chi connectivity index (χ0) is 14.7. The zero-order valence-electron chi connectivity index (χ0n) is 11.3. The van der Waals surface area contributed by atoms with Crippen molar-refractivity contribution in [3.05, 3.63) is 63.7 Å². The van der Waals surface area contributed by atoms with E-state index in [1.807, 2.05) is 38.1 Å². The van der Waals surface area contributed by atoms with Gasteiger partial charge in [0.05, 0.1) is 0 Å². The van der Waals surface area contributed by atoms with Crippen LogP contribution < -0.4 is 4.74 Å². The second kappa shape index (κ2) is 5.97. The van der Waals surface area contributed by atoms with Gasteiger partial charge >= 0.3 is 5.97 Å². The molecule has 0 amide bonds. The fraction of sp³-hybridized carbons (Fsp3) is 0.188. The second-order valence-corrected chi connectivity index (χ2v) is 5.05. The van der Waals surface area contributed by atoms with Crippen molar-refractivity contribution in [3.63, 3.8) is 0 Å². The average Bonchev–Trinajstić information content (AvgIpc) is 2.38. The van der Waals surface area contributed by atoms with E-state index in [9.17, 15) is 9.90 Å². The van der Waals surface area contributed by atoms with Crippen molar-refractivity contribution in [3.8, 4) is 5.75 Å². The Labute approximate surface area is 122 Å². The monoisotopic (exact) mass is 290 g/mol. The lowest BCUT2D eigenvalue weighted by molar-refractivity contribution is 0.0691. The number of halogens is 1. The molecule has 2 aromatic rings. The average molecular weight is 291 g/mol. The maximum absolute atomic E-state index is 11.2. The third-order valence-electron chi connectivity index (χ3n) is 3.02. The Bertz CT molecular complexity index is 650. The van der Waals surface area contributed by atoms with Gasteiger partial charge in [0, 0.05) is 10.6 Å². The molecule has 4 heteroatoms. The highest BCUT2D eigenvalue weighted by Gasteiger charge is 2.13. The van der Waals surface area contributed by atoms with Gasteiger partial charge in [-0.1, -0.05) is 35.9 Å². The van der Waals surface area contributed by atoms with Crippen LogP contribution in [0.4, 0.5) is 0 Å². The number of carbonyl (C=O) groups is 1. The molecule has 0 heterocycles. The SMILES string of the molecule is Cc1ccc(COc2c(C)cccc2C(=O)O)c(Cl)c1. The Balaban J connectivity index is 2.25. The van der Waals surface area contributed by atoms with Gasteiger partial charge < -0.3 is 9.84 Å². The van der Waals surface area contributed by atoms with Gasteiger partial charge in [0.25, 0.3) is 0 Å². The highest BCUT2D eigenvalue weighted by atomic mass is 35.5. The molecule has 0 aliphatic rings. The van der Waals surface area contributed by atoms with E-state index < -0.39 is 5.97 Å². The van der Waals surface area contributed by atoms with Crippen LogP contribution in [0.5, 0.6) is 5.75 Å². The Morgan fingerprint density at radius 3 is 2.65 bits per heavy atom. The summed E-state index contributed by atoms with van der Waals surface area (Å²) in [6, 6.07) is 10.7. The summed E-state index contributed by atoms with van der Waals surface area (Å²) in [6.07, 6.45) is 0. The molecule has 0 unspecified atom stereocenters. The topological polar surface area (TPSA) is 46.5 Å². The standard InChI is InChI=1S/C16H15ClO3/c1-10-6-7-12(14(17)8-10)9-20-15-11(2)4-3-5-13(15)16(18)19/h3-8H,9H2,1-2H3,(H,18,19). The van der Waals surface area contributed by atoms with E-state index in [4.69, 9.17) is 16.3 Å². The summed E-state index contributed by atoms with van der Waals surface area (Å²) < 4.78 is 5.67. The van der Waals surface area contributed by atoms with Crippen LogP contribution in [-0.4, -0.2) is 11.1 Å². The van der Waals surface area contributed by atoms with Crippen LogP contribution in [0.25, 0.3) is 0 Å². The molecule has 0 aromatic heterocycles. The van der Waals surface area contributed by atoms with E-state index in [0.717, 1.165) is 16.7 Å². The number of carboxylic acid groups (broad SMARTS) is 1. The Morgan fingerprint density at radius 2 is 2.00 bits per heavy atom. The number of benzene rings is 2. The van der Waals surface area contributed by atoms with E-state index in [2.05, 4.69) is 0 Å². The Hall–Kier alpha value is -2.00. The summed E-state index contributed by atoms with van der Waals surface area (Å²) >= 11 is 6.14. The Morgan fingerprint density at radius 1 is 1.25 bits per heavy atom. The second-order valence-electron chi connectivity index (χ2n) is 4.64. The van der Waals surface area contributed by atoms with E-state index in [1.165, 1.54) is 6.07 Å². The highest BCUT2D eigenvalue weighted by molar-refractivity contribution is 6.31. The largest absolute Gasteiger partial charge is 0.488 e. The molecule has 3 nitrogen and oxygen atoms in total. The minimum atomic E-state index is -1.00. The molecule has 0 radical (unpaired) electrons. The van der Waals surface area contributed by atoms with Crippen LogP contribution in [0.3, 0.4) is 0 Å². The van der Waals surface area contributed by atoms with Crippen LogP contribution in [0, 0.1) is 13.8 Å². The first-order valence-corrected chi connectivity index (χ1v) is 6.57. The van der Waals surface area contributed by atoms with Crippen LogP contribution in [0.2, 0.25) is 5.02 Å². The van der Waals surface area contributed by atoms with Crippen LogP contribution in [0.15, 0.2) is 36.4 Å². The van der Waals surface area contributed by atoms with Crippen LogP contribution >= 0.6 is 11.6 Å². The van der Waals surface area contributed by atoms with Gasteiger partial charge in [0.1, 0.15) is 17.9 Å². The number of para-hydroxylation sites is 1. The summed E-state index contributed by atoms with van der Waals surface area (Å²) in [5, 5.41) is 9.79. The van der Waals surface area contributed by atoms with Crippen molar-refractivity contribution in [2.75, 3.05) is 0 Å². The van der Waals surface area contributed by atoms with Crippen molar-refractivity contribution in [1.82, 2.24) is 0 Å². The Kier molecular flexibility index (Phi) is 4.30. The van der Waals surface area contributed by atoms with Gasteiger partial charge in [-0.3, -0.25) is 0 Å². The van der Waals surface area contributed by atoms with Gasteiger partial charge in [-0.25, -0.2) is 4.79 Å². The highest BCUT2D eigenvalue weighted by Crippen LogP contribution is 2.26. The van der Waals surface area contributed by atoms with Crippen molar-refractivity contribution in [2.45, 2.75) is 20.5 Å². The summed E-state index contributed by atoms with van der Waals surface area (Å²) in [6.45, 7) is 4.02. The summed E-state index contributed by atoms with van der Waals surface area (Å²) in [7, 11) is 0. The molecule has 1 N–H and O–H groups in total. The lowest BCUT2D eigenvalue weighted by Gasteiger charge is -2.13. The number of hydrogen-bond donors (Lipinski definition) is 1. The molecule has 0 saturated heterocycles. The van der Waals surface area contributed by atoms with E-state index >= 15 is 0 Å². The molecule has 104 valence electrons. The van der Waals surface area contributed by atoms with Crippen molar-refractivity contribution >= 4 is 17.6 Å². The molecular formula is C16H15ClO3. The lowest BCUT2D eigenvalue weighted by Crippen LogP contribution is -2.05. The summed E-state index contributed by atoms with van der Waals surface area (Å²) in [4.78, 5) is 11.2. The molecule has 0 fully saturated rings. The predicted octanol–water partition coefficient (Wildman–Crippen LogP) is 4.23. The quantitative estimate of drug-likeness (QED) is 0.916. The molecule has 20 heavy (non-hydrogen) atoms. The van der Waals surface area contributed by atoms with Gasteiger partial charge in [-0.05, 0) is 37.1 Å². The number of carboxylic acids is 1. The normalized spacial score (nSPS) is 10.3. The molecule has 0 spiro atoms. The number of ether oxygens (including phenoxy) is 1. The molecule has 0 aliphatic heterocycles.